The maximum atomic E-state index is 3.57. The predicted molar refractivity (Wildman–Crippen MR) is 173 cm³/mol. The van der Waals surface area contributed by atoms with Crippen LogP contribution in [0.15, 0.2) is 107 Å². The molecular weight excluding hydrogens is 584 g/mol. The summed E-state index contributed by atoms with van der Waals surface area (Å²) in [5.41, 5.74) is 10.9. The van der Waals surface area contributed by atoms with Crippen molar-refractivity contribution in [1.29, 1.82) is 0 Å². The zero-order chi connectivity index (χ0) is 26.5. The van der Waals surface area contributed by atoms with Crippen molar-refractivity contribution >= 4 is 35.0 Å². The molecule has 0 amide bonds. The number of benzene rings is 3. The van der Waals surface area contributed by atoms with Crippen LogP contribution in [0.25, 0.3) is 27.5 Å². The molecule has 4 aromatic carbocycles. The Bertz CT molecular complexity index is 1470. The molecule has 2 aliphatic rings. The molecule has 1 atom stereocenters. The zero-order valence-corrected chi connectivity index (χ0v) is 28.5. The molecule has 0 saturated carbocycles. The van der Waals surface area contributed by atoms with Gasteiger partial charge in [0, 0.05) is 5.25 Å². The summed E-state index contributed by atoms with van der Waals surface area (Å²) >= 11 is 3.30. The molecule has 200 valence electrons. The van der Waals surface area contributed by atoms with Gasteiger partial charge in [-0.3, -0.25) is 0 Å². The maximum absolute atomic E-state index is 3.57. The van der Waals surface area contributed by atoms with Gasteiger partial charge in [0.1, 0.15) is 0 Å². The Morgan fingerprint density at radius 2 is 1.46 bits per heavy atom. The van der Waals surface area contributed by atoms with Gasteiger partial charge in [-0.25, -0.2) is 6.08 Å². The minimum atomic E-state index is 0. The average molecular weight is 622 g/mol. The topological polar surface area (TPSA) is 0 Å². The first-order chi connectivity index (χ1) is 17.9. The molecule has 0 aromatic heterocycles. The summed E-state index contributed by atoms with van der Waals surface area (Å²) in [5.74, 6) is 0.559. The number of fused-ring (bicyclic) bond motifs is 2. The summed E-state index contributed by atoms with van der Waals surface area (Å²) in [7, 11) is 0. The second kappa shape index (κ2) is 15.1. The first-order valence-electron chi connectivity index (χ1n) is 12.7. The van der Waals surface area contributed by atoms with Crippen LogP contribution in [0.4, 0.5) is 0 Å². The Morgan fingerprint density at radius 1 is 0.872 bits per heavy atom. The number of hydrogen-bond acceptors (Lipinski definition) is 1. The molecule has 0 nitrogen and oxygen atoms in total. The molecule has 1 aliphatic carbocycles. The van der Waals surface area contributed by atoms with Gasteiger partial charge in [0.05, 0.1) is 0 Å². The summed E-state index contributed by atoms with van der Waals surface area (Å²) < 4.78 is 0. The standard InChI is InChI=1S/C17H17S.C17H15.2CH3.Si.Zr/c1-11(2)14-9-15-16(10-14)18-12(3)17(15)13-7-5-4-6-8-13;1-12-10-16-13(2)8-9-15(17(16)11-12)14-6-4-3-5-7-14;;;;/h4-9,11-12H,1-3H3;3-11H,1-2H3;2*1H3;;/q4*-1;;. The van der Waals surface area contributed by atoms with E-state index in [2.05, 4.69) is 139 Å². The Hall–Kier alpha value is -2.06. The third-order valence-corrected chi connectivity index (χ3v) is 7.98. The van der Waals surface area contributed by atoms with E-state index in [1.54, 1.807) is 0 Å². The SMILES string of the molecule is CC(C)C1=CC2=C(c3ccccc3)C(C)SC2=[C-]1.Cc1cc2c(-c3ccccc3)ccc(C)c2[cH-]1.[CH3-].[CH3-].[Si]=[Zr]. The van der Waals surface area contributed by atoms with E-state index in [4.69, 9.17) is 0 Å². The predicted octanol–water partition coefficient (Wildman–Crippen LogP) is 10.2. The quantitative estimate of drug-likeness (QED) is 0.162. The van der Waals surface area contributed by atoms with E-state index >= 15 is 0 Å². The molecule has 0 fully saturated rings. The van der Waals surface area contributed by atoms with Crippen molar-refractivity contribution in [1.82, 2.24) is 0 Å². The van der Waals surface area contributed by atoms with Gasteiger partial charge in [0.25, 0.3) is 0 Å². The van der Waals surface area contributed by atoms with E-state index in [0.29, 0.717) is 11.2 Å². The summed E-state index contributed by atoms with van der Waals surface area (Å²) in [6.07, 6.45) is 5.90. The number of rotatable bonds is 3. The Morgan fingerprint density at radius 3 is 2.05 bits per heavy atom. The van der Waals surface area contributed by atoms with Crippen molar-refractivity contribution in [3.63, 3.8) is 0 Å². The molecule has 0 spiro atoms. The van der Waals surface area contributed by atoms with E-state index in [1.165, 1.54) is 83.5 Å². The monoisotopic (exact) mass is 620 g/mol. The van der Waals surface area contributed by atoms with Crippen molar-refractivity contribution in [3.8, 4) is 11.1 Å². The van der Waals surface area contributed by atoms with E-state index in [0.717, 1.165) is 0 Å². The first kappa shape index (κ1) is 33.1. The molecule has 2 radical (unpaired) electrons. The summed E-state index contributed by atoms with van der Waals surface area (Å²) in [5, 5.41) is 3.28. The number of allylic oxidation sites excluding steroid dienone is 4. The summed E-state index contributed by atoms with van der Waals surface area (Å²) in [6, 6.07) is 30.3. The van der Waals surface area contributed by atoms with E-state index in [1.807, 2.05) is 11.8 Å². The Labute approximate surface area is 258 Å². The van der Waals surface area contributed by atoms with Gasteiger partial charge < -0.3 is 14.9 Å². The number of thioether (sulfide) groups is 1. The molecule has 1 aliphatic heterocycles. The van der Waals surface area contributed by atoms with Crippen LogP contribution >= 0.6 is 11.8 Å². The number of aryl methyl sites for hydroxylation is 2. The number of hydrogen-bond donors (Lipinski definition) is 0. The third kappa shape index (κ3) is 7.37. The molecule has 0 saturated heterocycles. The minimum absolute atomic E-state index is 0. The second-order valence-electron chi connectivity index (χ2n) is 9.82. The van der Waals surface area contributed by atoms with Gasteiger partial charge in [0.2, 0.25) is 0 Å². The van der Waals surface area contributed by atoms with Crippen molar-refractivity contribution in [2.75, 3.05) is 0 Å². The van der Waals surface area contributed by atoms with Crippen molar-refractivity contribution in [2.24, 2.45) is 5.92 Å². The van der Waals surface area contributed by atoms with Gasteiger partial charge in [-0.05, 0) is 24.0 Å². The van der Waals surface area contributed by atoms with Crippen LogP contribution < -0.4 is 0 Å². The Balaban J connectivity index is 0.000000246. The Kier molecular flexibility index (Phi) is 12.8. The fourth-order valence-corrected chi connectivity index (χ4v) is 6.19. The van der Waals surface area contributed by atoms with E-state index in [9.17, 15) is 0 Å². The van der Waals surface area contributed by atoms with Crippen LogP contribution in [-0.2, 0) is 23.3 Å². The van der Waals surface area contributed by atoms with Gasteiger partial charge in [-0.15, -0.1) is 50.7 Å². The van der Waals surface area contributed by atoms with E-state index < -0.39 is 0 Å². The molecule has 0 N–H and O–H groups in total. The molecule has 1 heterocycles. The average Bonchev–Trinajstić information content (AvgIpc) is 3.59. The molecule has 6 rings (SSSR count). The molecule has 1 unspecified atom stereocenters. The van der Waals surface area contributed by atoms with Gasteiger partial charge in [-0.2, -0.15) is 23.3 Å². The fraction of sp³-hybridized carbons (Fsp3) is 0.194. The summed E-state index contributed by atoms with van der Waals surface area (Å²) in [6.45, 7) is 14.2. The van der Waals surface area contributed by atoms with Crippen LogP contribution in [-0.4, -0.2) is 12.1 Å². The second-order valence-corrected chi connectivity index (χ2v) is 11.2. The normalized spacial score (nSPS) is 15.2. The van der Waals surface area contributed by atoms with Crippen LogP contribution in [0.5, 0.6) is 0 Å². The van der Waals surface area contributed by atoms with E-state index in [-0.39, 0.29) is 14.9 Å². The van der Waals surface area contributed by atoms with Crippen molar-refractivity contribution in [2.45, 2.75) is 39.9 Å². The van der Waals surface area contributed by atoms with Crippen LogP contribution in [0.2, 0.25) is 0 Å². The zero-order valence-electron chi connectivity index (χ0n) is 24.2. The fourth-order valence-electron chi connectivity index (χ4n) is 4.98. The molecule has 39 heavy (non-hydrogen) atoms. The van der Waals surface area contributed by atoms with Crippen LogP contribution in [0, 0.1) is 40.7 Å². The van der Waals surface area contributed by atoms with Gasteiger partial charge in [-0.1, -0.05) is 106 Å². The van der Waals surface area contributed by atoms with Crippen LogP contribution in [0.3, 0.4) is 0 Å². The van der Waals surface area contributed by atoms with Crippen molar-refractivity contribution in [3.05, 3.63) is 145 Å². The van der Waals surface area contributed by atoms with Gasteiger partial charge >= 0.3 is 30.2 Å². The summed E-state index contributed by atoms with van der Waals surface area (Å²) in [4.78, 5) is 1.34. The molecular formula is C36H38SSiZr-4. The van der Waals surface area contributed by atoms with Crippen LogP contribution in [0.1, 0.15) is 37.5 Å². The molecule has 4 aromatic rings. The third-order valence-electron chi connectivity index (χ3n) is 6.83. The van der Waals surface area contributed by atoms with Crippen molar-refractivity contribution < 1.29 is 23.3 Å². The molecule has 0 bridgehead atoms. The van der Waals surface area contributed by atoms with Gasteiger partial charge in [0.15, 0.2) is 0 Å². The first-order valence-corrected chi connectivity index (χ1v) is 17.8. The molecule has 3 heteroatoms.